The van der Waals surface area contributed by atoms with Crippen LogP contribution in [0.5, 0.6) is 0 Å². The Morgan fingerprint density at radius 3 is 2.40 bits per heavy atom. The maximum atomic E-state index is 13.5. The third kappa shape index (κ3) is 7.76. The molecule has 0 atom stereocenters. The van der Waals surface area contributed by atoms with Crippen LogP contribution >= 0.6 is 12.4 Å². The smallest absolute Gasteiger partial charge is 0.307 e. The zero-order valence-electron chi connectivity index (χ0n) is 22.2. The number of carbonyl (C=O) groups is 2. The quantitative estimate of drug-likeness (QED) is 0.147. The van der Waals surface area contributed by atoms with Crippen molar-refractivity contribution in [3.63, 3.8) is 0 Å². The number of amidine groups is 1. The summed E-state index contributed by atoms with van der Waals surface area (Å²) in [6, 6.07) is 18.0. The SMILES string of the molecule is CCOC(=O)CCN(C(=O)c1ccc2c(c1)nc(CNc1ccc(C(=N)N)cc1)n2C)c1ccccn1.Cl.O.O. The fraction of sp³-hybridized carbons (Fsp3) is 0.222. The molecule has 4 aromatic rings. The zero-order chi connectivity index (χ0) is 26.4. The number of benzene rings is 2. The molecule has 0 saturated heterocycles. The van der Waals surface area contributed by atoms with E-state index in [1.807, 2.05) is 29.8 Å². The number of aryl methyl sites for hydroxylation is 1. The summed E-state index contributed by atoms with van der Waals surface area (Å²) < 4.78 is 7.00. The van der Waals surface area contributed by atoms with Crippen LogP contribution in [0.2, 0.25) is 0 Å². The third-order valence-electron chi connectivity index (χ3n) is 5.88. The maximum Gasteiger partial charge on any atom is 0.307 e. The Kier molecular flexibility index (Phi) is 12.7. The van der Waals surface area contributed by atoms with E-state index in [1.165, 1.54) is 4.90 Å². The predicted octanol–water partition coefficient (Wildman–Crippen LogP) is 2.24. The molecule has 1 amide bonds. The highest BCUT2D eigenvalue weighted by Gasteiger charge is 2.21. The fourth-order valence-electron chi connectivity index (χ4n) is 3.92. The summed E-state index contributed by atoms with van der Waals surface area (Å²) in [6.07, 6.45) is 1.67. The van der Waals surface area contributed by atoms with Crippen LogP contribution < -0.4 is 16.0 Å². The van der Waals surface area contributed by atoms with Crippen molar-refractivity contribution in [1.82, 2.24) is 14.5 Å². The summed E-state index contributed by atoms with van der Waals surface area (Å²) in [4.78, 5) is 36.0. The van der Waals surface area contributed by atoms with Crippen molar-refractivity contribution in [3.05, 3.63) is 83.8 Å². The Labute approximate surface area is 237 Å². The number of nitrogens with one attached hydrogen (secondary N) is 2. The Bertz CT molecular complexity index is 1430. The first kappa shape index (κ1) is 33.5. The van der Waals surface area contributed by atoms with Crippen molar-refractivity contribution in [2.24, 2.45) is 12.8 Å². The Balaban J connectivity index is 0.00000267. The molecule has 12 nitrogen and oxygen atoms in total. The number of hydrogen-bond donors (Lipinski definition) is 3. The molecule has 0 aliphatic rings. The lowest BCUT2D eigenvalue weighted by atomic mass is 10.1. The summed E-state index contributed by atoms with van der Waals surface area (Å²) in [5.41, 5.74) is 9.07. The molecule has 8 N–H and O–H groups in total. The monoisotopic (exact) mass is 571 g/mol. The van der Waals surface area contributed by atoms with Gasteiger partial charge in [0.25, 0.3) is 5.91 Å². The summed E-state index contributed by atoms with van der Waals surface area (Å²) in [5.74, 6) is 0.623. The lowest BCUT2D eigenvalue weighted by Gasteiger charge is -2.21. The first-order valence-electron chi connectivity index (χ1n) is 11.9. The molecule has 0 radical (unpaired) electrons. The number of halogens is 1. The maximum absolute atomic E-state index is 13.5. The first-order chi connectivity index (χ1) is 17.9. The van der Waals surface area contributed by atoms with Gasteiger partial charge in [-0.15, -0.1) is 12.4 Å². The number of ether oxygens (including phenoxy) is 1. The van der Waals surface area contributed by atoms with Crippen LogP contribution in [0.3, 0.4) is 0 Å². The molecule has 0 spiro atoms. The molecule has 0 aliphatic heterocycles. The van der Waals surface area contributed by atoms with E-state index < -0.39 is 0 Å². The molecular weight excluding hydrogens is 538 g/mol. The average Bonchev–Trinajstić information content (AvgIpc) is 3.23. The van der Waals surface area contributed by atoms with Crippen molar-refractivity contribution in [2.45, 2.75) is 19.9 Å². The number of imidazole rings is 1. The van der Waals surface area contributed by atoms with Crippen LogP contribution in [0.4, 0.5) is 11.5 Å². The number of nitrogens with zero attached hydrogens (tertiary/aromatic N) is 4. The van der Waals surface area contributed by atoms with E-state index in [2.05, 4.69) is 10.3 Å². The van der Waals surface area contributed by atoms with Gasteiger partial charge < -0.3 is 31.3 Å². The second kappa shape index (κ2) is 15.2. The van der Waals surface area contributed by atoms with Crippen LogP contribution in [0.25, 0.3) is 11.0 Å². The number of nitrogen functional groups attached to an aromatic ring is 1. The lowest BCUT2D eigenvalue weighted by Crippen LogP contribution is -2.34. The van der Waals surface area contributed by atoms with Crippen molar-refractivity contribution in [3.8, 4) is 0 Å². The van der Waals surface area contributed by atoms with E-state index >= 15 is 0 Å². The Hall–Kier alpha value is -4.52. The fourth-order valence-corrected chi connectivity index (χ4v) is 3.92. The molecule has 40 heavy (non-hydrogen) atoms. The highest BCUT2D eigenvalue weighted by Crippen LogP contribution is 2.21. The molecule has 0 fully saturated rings. The number of pyridine rings is 1. The minimum Gasteiger partial charge on any atom is -0.466 e. The number of amides is 1. The molecule has 0 bridgehead atoms. The molecule has 2 aromatic carbocycles. The predicted molar refractivity (Wildman–Crippen MR) is 157 cm³/mol. The van der Waals surface area contributed by atoms with Gasteiger partial charge in [-0.3, -0.25) is 19.9 Å². The second-order valence-electron chi connectivity index (χ2n) is 8.33. The molecule has 2 aromatic heterocycles. The summed E-state index contributed by atoms with van der Waals surface area (Å²) in [6.45, 7) is 2.64. The van der Waals surface area contributed by atoms with E-state index in [0.29, 0.717) is 29.0 Å². The number of rotatable bonds is 10. The standard InChI is InChI=1S/C27H29N7O3.ClH.2H2O/c1-3-37-25(35)13-15-34(23-6-4-5-14-30-23)27(36)19-9-12-22-21(16-19)32-24(33(22)2)17-31-20-10-7-18(8-11-20)26(28)29;;;/h4-12,14,16,31H,3,13,15,17H2,1-2H3,(H3,28,29);1H;2*1H2. The van der Waals surface area contributed by atoms with Gasteiger partial charge in [0.15, 0.2) is 0 Å². The van der Waals surface area contributed by atoms with Crippen molar-refractivity contribution in [2.75, 3.05) is 23.4 Å². The van der Waals surface area contributed by atoms with Gasteiger partial charge in [-0.2, -0.15) is 0 Å². The van der Waals surface area contributed by atoms with Crippen molar-refractivity contribution in [1.29, 1.82) is 5.41 Å². The minimum atomic E-state index is -0.371. The van der Waals surface area contributed by atoms with Gasteiger partial charge in [-0.25, -0.2) is 9.97 Å². The second-order valence-corrected chi connectivity index (χ2v) is 8.33. The Morgan fingerprint density at radius 2 is 1.77 bits per heavy atom. The van der Waals surface area contributed by atoms with Gasteiger partial charge >= 0.3 is 5.97 Å². The number of nitrogens with two attached hydrogens (primary N) is 1. The lowest BCUT2D eigenvalue weighted by molar-refractivity contribution is -0.142. The third-order valence-corrected chi connectivity index (χ3v) is 5.88. The van der Waals surface area contributed by atoms with Crippen molar-refractivity contribution >= 4 is 52.7 Å². The van der Waals surface area contributed by atoms with E-state index in [4.69, 9.17) is 20.9 Å². The van der Waals surface area contributed by atoms with E-state index in [1.54, 1.807) is 55.6 Å². The van der Waals surface area contributed by atoms with Crippen LogP contribution in [0.15, 0.2) is 66.9 Å². The molecule has 4 rings (SSSR count). The summed E-state index contributed by atoms with van der Waals surface area (Å²) in [5, 5.41) is 10.8. The topological polar surface area (TPSA) is 202 Å². The highest BCUT2D eigenvalue weighted by atomic mass is 35.5. The first-order valence-corrected chi connectivity index (χ1v) is 11.9. The molecule has 13 heteroatoms. The Morgan fingerprint density at radius 1 is 1.07 bits per heavy atom. The van der Waals surface area contributed by atoms with Crippen LogP contribution in [0, 0.1) is 5.41 Å². The van der Waals surface area contributed by atoms with Gasteiger partial charge in [0.2, 0.25) is 0 Å². The molecule has 214 valence electrons. The van der Waals surface area contributed by atoms with E-state index in [-0.39, 0.29) is 60.6 Å². The largest absolute Gasteiger partial charge is 0.466 e. The molecular formula is C27H34ClN7O5. The zero-order valence-corrected chi connectivity index (χ0v) is 23.0. The molecule has 2 heterocycles. The molecule has 0 aliphatic carbocycles. The van der Waals surface area contributed by atoms with Gasteiger partial charge in [-0.05, 0) is 61.5 Å². The summed E-state index contributed by atoms with van der Waals surface area (Å²) in [7, 11) is 1.92. The van der Waals surface area contributed by atoms with Crippen LogP contribution in [0.1, 0.15) is 35.1 Å². The number of aromatic nitrogens is 3. The highest BCUT2D eigenvalue weighted by molar-refractivity contribution is 6.07. The van der Waals surface area contributed by atoms with Gasteiger partial charge in [0, 0.05) is 36.6 Å². The van der Waals surface area contributed by atoms with Gasteiger partial charge in [-0.1, -0.05) is 6.07 Å². The minimum absolute atomic E-state index is 0. The normalized spacial score (nSPS) is 9.95. The average molecular weight is 572 g/mol. The number of hydrogen-bond acceptors (Lipinski definition) is 7. The van der Waals surface area contributed by atoms with Crippen LogP contribution in [-0.2, 0) is 23.1 Å². The number of carbonyl (C=O) groups excluding carboxylic acids is 2. The summed E-state index contributed by atoms with van der Waals surface area (Å²) >= 11 is 0. The van der Waals surface area contributed by atoms with Crippen molar-refractivity contribution < 1.29 is 25.3 Å². The number of esters is 1. The number of anilines is 2. The van der Waals surface area contributed by atoms with E-state index in [9.17, 15) is 9.59 Å². The van der Waals surface area contributed by atoms with E-state index in [0.717, 1.165) is 17.0 Å². The molecule has 0 saturated carbocycles. The molecule has 0 unspecified atom stereocenters. The number of fused-ring (bicyclic) bond motifs is 1. The van der Waals surface area contributed by atoms with Gasteiger partial charge in [0.1, 0.15) is 17.5 Å². The van der Waals surface area contributed by atoms with Crippen LogP contribution in [-0.4, -0.2) is 56.4 Å². The van der Waals surface area contributed by atoms with Gasteiger partial charge in [0.05, 0.1) is 30.6 Å².